The van der Waals surface area contributed by atoms with Crippen LogP contribution in [0.1, 0.15) is 52.5 Å². The number of aromatic amines is 1. The van der Waals surface area contributed by atoms with Crippen LogP contribution in [0.2, 0.25) is 0 Å². The topological polar surface area (TPSA) is 36.0 Å². The first-order valence-electron chi connectivity index (χ1n) is 7.09. The Balaban J connectivity index is 0.000000741. The van der Waals surface area contributed by atoms with Crippen LogP contribution >= 0.6 is 0 Å². The van der Waals surface area contributed by atoms with Crippen molar-refractivity contribution in [3.05, 3.63) is 35.8 Å². The first-order chi connectivity index (χ1) is 9.22. The van der Waals surface area contributed by atoms with Gasteiger partial charge in [0.2, 0.25) is 0 Å². The fourth-order valence-corrected chi connectivity index (χ4v) is 1.87. The van der Waals surface area contributed by atoms with E-state index >= 15 is 0 Å². The number of H-pyrrole nitrogens is 1. The zero-order valence-corrected chi connectivity index (χ0v) is 12.6. The second kappa shape index (κ2) is 9.56. The average molecular weight is 267 g/mol. The van der Waals surface area contributed by atoms with Gasteiger partial charge in [-0.15, -0.1) is 0 Å². The second-order valence-electron chi connectivity index (χ2n) is 3.85. The maximum absolute atomic E-state index is 13.1. The second-order valence-corrected chi connectivity index (χ2v) is 3.85. The monoisotopic (exact) mass is 267 g/mol. The first kappa shape index (κ1) is 17.6. The molecule has 0 saturated carbocycles. The van der Waals surface area contributed by atoms with Crippen molar-refractivity contribution in [1.29, 1.82) is 0 Å². The fraction of sp³-hybridized carbons (Fsp3) is 0.500. The van der Waals surface area contributed by atoms with Gasteiger partial charge in [-0.1, -0.05) is 34.6 Å². The van der Waals surface area contributed by atoms with Crippen molar-refractivity contribution in [3.8, 4) is 0 Å². The van der Waals surface area contributed by atoms with Gasteiger partial charge in [0.25, 0.3) is 0 Å². The fourth-order valence-electron chi connectivity index (χ4n) is 1.87. The summed E-state index contributed by atoms with van der Waals surface area (Å²) in [5.41, 5.74) is 2.01. The Hall–Kier alpha value is -1.35. The Morgan fingerprint density at radius 3 is 2.42 bits per heavy atom. The van der Waals surface area contributed by atoms with Gasteiger partial charge in [-0.05, 0) is 36.1 Å². The Morgan fingerprint density at radius 1 is 1.21 bits per heavy atom. The molecule has 0 aliphatic rings. The van der Waals surface area contributed by atoms with Crippen molar-refractivity contribution in [1.82, 2.24) is 4.98 Å². The van der Waals surface area contributed by atoms with Crippen LogP contribution in [-0.2, 0) is 0 Å². The third-order valence-corrected chi connectivity index (χ3v) is 2.77. The van der Waals surface area contributed by atoms with Crippen LogP contribution in [-0.4, -0.2) is 16.7 Å². The molecule has 2 rings (SSSR count). The number of halogens is 1. The number of fused-ring (bicyclic) bond motifs is 1. The molecule has 1 heterocycles. The maximum Gasteiger partial charge on any atom is 0.123 e. The Bertz CT molecular complexity index is 465. The van der Waals surface area contributed by atoms with Gasteiger partial charge in [-0.25, -0.2) is 4.39 Å². The van der Waals surface area contributed by atoms with Crippen LogP contribution in [0.15, 0.2) is 24.4 Å². The van der Waals surface area contributed by atoms with E-state index in [0.29, 0.717) is 6.42 Å². The number of aliphatic hydroxyl groups excluding tert-OH is 1. The largest absolute Gasteiger partial charge is 0.396 e. The molecule has 0 bridgehead atoms. The third-order valence-electron chi connectivity index (χ3n) is 2.77. The molecule has 2 aromatic rings. The van der Waals surface area contributed by atoms with Gasteiger partial charge in [0.1, 0.15) is 5.82 Å². The summed E-state index contributed by atoms with van der Waals surface area (Å²) < 4.78 is 13.1. The summed E-state index contributed by atoms with van der Waals surface area (Å²) in [6, 6.07) is 4.72. The molecule has 0 amide bonds. The minimum Gasteiger partial charge on any atom is -0.396 e. The lowest BCUT2D eigenvalue weighted by molar-refractivity contribution is 0.279. The predicted octanol–water partition coefficient (Wildman–Crippen LogP) is 4.85. The molecule has 0 fully saturated rings. The molecule has 1 unspecified atom stereocenters. The lowest BCUT2D eigenvalue weighted by Crippen LogP contribution is -1.95. The molecule has 0 radical (unpaired) electrons. The van der Waals surface area contributed by atoms with Crippen molar-refractivity contribution in [2.75, 3.05) is 6.61 Å². The number of hydrogen-bond donors (Lipinski definition) is 2. The number of hydrogen-bond acceptors (Lipinski definition) is 1. The molecule has 0 aliphatic heterocycles. The highest BCUT2D eigenvalue weighted by Gasteiger charge is 2.11. The smallest absolute Gasteiger partial charge is 0.123 e. The summed E-state index contributed by atoms with van der Waals surface area (Å²) in [6.45, 7) is 10.2. The van der Waals surface area contributed by atoms with Crippen LogP contribution in [0.25, 0.3) is 10.9 Å². The van der Waals surface area contributed by atoms with E-state index < -0.39 is 0 Å². The molecule has 0 saturated heterocycles. The Morgan fingerprint density at radius 2 is 1.84 bits per heavy atom. The predicted molar refractivity (Wildman–Crippen MR) is 81.1 cm³/mol. The summed E-state index contributed by atoms with van der Waals surface area (Å²) in [4.78, 5) is 3.11. The van der Waals surface area contributed by atoms with E-state index in [1.165, 1.54) is 12.1 Å². The third kappa shape index (κ3) is 4.67. The molecular weight excluding hydrogens is 241 g/mol. The van der Waals surface area contributed by atoms with Gasteiger partial charge in [0.05, 0.1) is 0 Å². The van der Waals surface area contributed by atoms with Crippen molar-refractivity contribution < 1.29 is 9.50 Å². The Labute approximate surface area is 115 Å². The highest BCUT2D eigenvalue weighted by Crippen LogP contribution is 2.27. The van der Waals surface area contributed by atoms with Gasteiger partial charge in [0.15, 0.2) is 0 Å². The normalized spacial score (nSPS) is 11.1. The molecule has 1 aromatic heterocycles. The summed E-state index contributed by atoms with van der Waals surface area (Å²) in [5.74, 6) is 0.0186. The molecule has 1 atom stereocenters. The molecule has 2 nitrogen and oxygen atoms in total. The lowest BCUT2D eigenvalue weighted by Gasteiger charge is -2.07. The van der Waals surface area contributed by atoms with Crippen molar-refractivity contribution >= 4 is 10.9 Å². The molecule has 0 spiro atoms. The van der Waals surface area contributed by atoms with Crippen LogP contribution in [0, 0.1) is 5.82 Å². The van der Waals surface area contributed by atoms with Gasteiger partial charge in [0, 0.05) is 23.7 Å². The van der Waals surface area contributed by atoms with Gasteiger partial charge >= 0.3 is 0 Å². The molecule has 1 aromatic carbocycles. The number of aliphatic hydroxyl groups is 1. The SMILES string of the molecule is CC.CC.CC(CCO)c1c[nH]c2ccc(F)cc12. The van der Waals surface area contributed by atoms with Gasteiger partial charge in [-0.2, -0.15) is 0 Å². The molecule has 0 aliphatic carbocycles. The van der Waals surface area contributed by atoms with Crippen LogP contribution < -0.4 is 0 Å². The molecule has 3 heteroatoms. The van der Waals surface area contributed by atoms with E-state index in [1.807, 2.05) is 40.8 Å². The zero-order chi connectivity index (χ0) is 14.8. The summed E-state index contributed by atoms with van der Waals surface area (Å²) >= 11 is 0. The number of nitrogens with one attached hydrogen (secondary N) is 1. The van der Waals surface area contributed by atoms with Crippen LogP contribution in [0.5, 0.6) is 0 Å². The summed E-state index contributed by atoms with van der Waals surface area (Å²) in [6.07, 6.45) is 2.59. The maximum atomic E-state index is 13.1. The number of benzene rings is 1. The lowest BCUT2D eigenvalue weighted by atomic mass is 9.98. The van der Waals surface area contributed by atoms with Gasteiger partial charge < -0.3 is 10.1 Å². The van der Waals surface area contributed by atoms with E-state index in [4.69, 9.17) is 5.11 Å². The average Bonchev–Trinajstić information content (AvgIpc) is 2.86. The Kier molecular flexibility index (Phi) is 8.88. The number of rotatable bonds is 3. The summed E-state index contributed by atoms with van der Waals surface area (Å²) in [5, 5.41) is 9.79. The zero-order valence-electron chi connectivity index (χ0n) is 12.6. The number of aromatic nitrogens is 1. The quantitative estimate of drug-likeness (QED) is 0.819. The van der Waals surface area contributed by atoms with Crippen molar-refractivity contribution in [2.24, 2.45) is 0 Å². The molecular formula is C16H26FNO. The van der Waals surface area contributed by atoms with E-state index in [2.05, 4.69) is 4.98 Å². The standard InChI is InChI=1S/C12H14FNO.2C2H6/c1-8(4-5-15)11-7-14-12-3-2-9(13)6-10(11)12;2*1-2/h2-3,6-8,14-15H,4-5H2,1H3;2*1-2H3. The molecule has 2 N–H and O–H groups in total. The van der Waals surface area contributed by atoms with Crippen molar-refractivity contribution in [3.63, 3.8) is 0 Å². The highest BCUT2D eigenvalue weighted by molar-refractivity contribution is 5.83. The van der Waals surface area contributed by atoms with Crippen LogP contribution in [0.4, 0.5) is 4.39 Å². The van der Waals surface area contributed by atoms with E-state index in [9.17, 15) is 4.39 Å². The minimum atomic E-state index is -0.223. The van der Waals surface area contributed by atoms with Crippen molar-refractivity contribution in [2.45, 2.75) is 47.0 Å². The van der Waals surface area contributed by atoms with Crippen LogP contribution in [0.3, 0.4) is 0 Å². The molecule has 108 valence electrons. The van der Waals surface area contributed by atoms with Gasteiger partial charge in [-0.3, -0.25) is 0 Å². The van der Waals surface area contributed by atoms with E-state index in [1.54, 1.807) is 6.07 Å². The van der Waals surface area contributed by atoms with E-state index in [0.717, 1.165) is 16.5 Å². The van der Waals surface area contributed by atoms with E-state index in [-0.39, 0.29) is 18.3 Å². The first-order valence-corrected chi connectivity index (χ1v) is 7.09. The highest BCUT2D eigenvalue weighted by atomic mass is 19.1. The molecule has 19 heavy (non-hydrogen) atoms. The summed E-state index contributed by atoms with van der Waals surface area (Å²) in [7, 11) is 0. The minimum absolute atomic E-state index is 0.156.